The summed E-state index contributed by atoms with van der Waals surface area (Å²) in [7, 11) is 0. The smallest absolute Gasteiger partial charge is 0.402 e. The van der Waals surface area contributed by atoms with E-state index in [0.717, 1.165) is 6.08 Å². The zero-order chi connectivity index (χ0) is 10.9. The van der Waals surface area contributed by atoms with Crippen LogP contribution in [0.2, 0.25) is 0 Å². The van der Waals surface area contributed by atoms with Crippen LogP contribution < -0.4 is 5.73 Å². The molecule has 0 spiro atoms. The molecule has 0 saturated carbocycles. The van der Waals surface area contributed by atoms with Crippen LogP contribution in [0.1, 0.15) is 20.8 Å². The van der Waals surface area contributed by atoms with Crippen molar-refractivity contribution in [2.24, 2.45) is 11.1 Å². The van der Waals surface area contributed by atoms with Gasteiger partial charge in [-0.05, 0) is 6.08 Å². The topological polar surface area (TPSA) is 26.0 Å². The van der Waals surface area contributed by atoms with Crippen molar-refractivity contribution < 1.29 is 13.2 Å². The lowest BCUT2D eigenvalue weighted by Gasteiger charge is -2.19. The number of rotatable bonds is 1. The third-order valence-electron chi connectivity index (χ3n) is 1.43. The highest BCUT2D eigenvalue weighted by atomic mass is 32.1. The molecular weight excluding hydrogens is 199 g/mol. The maximum atomic E-state index is 12.0. The van der Waals surface area contributed by atoms with E-state index in [9.17, 15) is 13.2 Å². The molecule has 0 aliphatic carbocycles. The molecule has 0 saturated heterocycles. The van der Waals surface area contributed by atoms with Gasteiger partial charge in [-0.3, -0.25) is 0 Å². The predicted molar refractivity (Wildman–Crippen MR) is 50.4 cm³/mol. The van der Waals surface area contributed by atoms with Crippen LogP contribution in [0.25, 0.3) is 0 Å². The normalized spacial score (nSPS) is 14.5. The number of allylic oxidation sites excluding steroid dienone is 2. The van der Waals surface area contributed by atoms with Gasteiger partial charge in [0, 0.05) is 11.1 Å². The molecule has 0 rings (SSSR count). The van der Waals surface area contributed by atoms with Crippen molar-refractivity contribution in [3.8, 4) is 0 Å². The van der Waals surface area contributed by atoms with Crippen molar-refractivity contribution in [2.75, 3.05) is 0 Å². The summed E-state index contributed by atoms with van der Waals surface area (Å²) in [5.41, 5.74) is 5.07. The minimum atomic E-state index is -4.47. The van der Waals surface area contributed by atoms with Crippen molar-refractivity contribution in [1.82, 2.24) is 0 Å². The molecular formula is C8H12F3NS. The van der Waals surface area contributed by atoms with Gasteiger partial charge in [0.1, 0.15) is 4.86 Å². The van der Waals surface area contributed by atoms with E-state index in [1.165, 1.54) is 0 Å². The summed E-state index contributed by atoms with van der Waals surface area (Å²) >= 11 is 4.16. The van der Waals surface area contributed by atoms with E-state index in [4.69, 9.17) is 5.73 Å². The number of hydrogen-bond donors (Lipinski definition) is 1. The first-order chi connectivity index (χ1) is 5.55. The molecule has 0 aromatic heterocycles. The number of halogens is 3. The second kappa shape index (κ2) is 3.65. The fourth-order valence-corrected chi connectivity index (χ4v) is 0.567. The zero-order valence-electron chi connectivity index (χ0n) is 7.70. The molecule has 0 aliphatic rings. The number of thiocarbonyl (C=S) groups is 1. The van der Waals surface area contributed by atoms with E-state index in [1.807, 2.05) is 0 Å². The van der Waals surface area contributed by atoms with Gasteiger partial charge in [-0.1, -0.05) is 33.0 Å². The van der Waals surface area contributed by atoms with Gasteiger partial charge >= 0.3 is 6.18 Å². The Bertz CT molecular complexity index is 235. The number of alkyl halides is 3. The maximum Gasteiger partial charge on any atom is 0.426 e. The Morgan fingerprint density at radius 3 is 1.85 bits per heavy atom. The molecule has 0 radical (unpaired) electrons. The molecule has 0 unspecified atom stereocenters. The second-order valence-electron chi connectivity index (χ2n) is 3.71. The SMILES string of the molecule is CC(C)(C)C(N)=CC(=S)C(F)(F)F. The van der Waals surface area contributed by atoms with Crippen LogP contribution in [0.15, 0.2) is 11.8 Å². The molecule has 0 aliphatic heterocycles. The third kappa shape index (κ3) is 4.26. The summed E-state index contributed by atoms with van der Waals surface area (Å²) in [5.74, 6) is 0. The first-order valence-corrected chi connectivity index (χ1v) is 4.05. The summed E-state index contributed by atoms with van der Waals surface area (Å²) in [5, 5.41) is 0. The lowest BCUT2D eigenvalue weighted by molar-refractivity contribution is -0.0553. The summed E-state index contributed by atoms with van der Waals surface area (Å²) < 4.78 is 35.9. The van der Waals surface area contributed by atoms with Gasteiger partial charge in [0.15, 0.2) is 0 Å². The molecule has 0 atom stereocenters. The van der Waals surface area contributed by atoms with Gasteiger partial charge in [-0.2, -0.15) is 13.2 Å². The highest BCUT2D eigenvalue weighted by molar-refractivity contribution is 7.80. The van der Waals surface area contributed by atoms with Crippen LogP contribution >= 0.6 is 12.2 Å². The first-order valence-electron chi connectivity index (χ1n) is 3.64. The molecule has 0 bridgehead atoms. The lowest BCUT2D eigenvalue weighted by atomic mass is 9.92. The van der Waals surface area contributed by atoms with Crippen molar-refractivity contribution in [3.05, 3.63) is 11.8 Å². The van der Waals surface area contributed by atoms with Crippen molar-refractivity contribution >= 4 is 17.1 Å². The Morgan fingerprint density at radius 2 is 1.62 bits per heavy atom. The number of hydrogen-bond acceptors (Lipinski definition) is 2. The van der Waals surface area contributed by atoms with Crippen LogP contribution in [-0.2, 0) is 0 Å². The Kier molecular flexibility index (Phi) is 3.49. The standard InChI is InChI=1S/C8H12F3NS/c1-7(2,3)5(12)4-6(13)8(9,10)11/h4H,12H2,1-3H3. The van der Waals surface area contributed by atoms with E-state index >= 15 is 0 Å². The van der Waals surface area contributed by atoms with Gasteiger partial charge in [0.2, 0.25) is 0 Å². The molecule has 0 fully saturated rings. The fraction of sp³-hybridized carbons (Fsp3) is 0.625. The minimum absolute atomic E-state index is 0.134. The third-order valence-corrected chi connectivity index (χ3v) is 1.78. The molecule has 5 heteroatoms. The van der Waals surface area contributed by atoms with E-state index in [-0.39, 0.29) is 5.70 Å². The van der Waals surface area contributed by atoms with E-state index in [0.29, 0.717) is 0 Å². The van der Waals surface area contributed by atoms with Crippen LogP contribution in [0, 0.1) is 5.41 Å². The summed E-state index contributed by atoms with van der Waals surface area (Å²) in [6.45, 7) is 5.16. The van der Waals surface area contributed by atoms with E-state index < -0.39 is 16.5 Å². The van der Waals surface area contributed by atoms with Gasteiger partial charge in [0.25, 0.3) is 0 Å². The zero-order valence-corrected chi connectivity index (χ0v) is 8.51. The molecule has 0 amide bonds. The highest BCUT2D eigenvalue weighted by Gasteiger charge is 2.33. The predicted octanol–water partition coefficient (Wildman–Crippen LogP) is 2.81. The molecule has 2 N–H and O–H groups in total. The molecule has 0 aromatic rings. The van der Waals surface area contributed by atoms with Crippen molar-refractivity contribution in [1.29, 1.82) is 0 Å². The lowest BCUT2D eigenvalue weighted by Crippen LogP contribution is -2.24. The Balaban J connectivity index is 4.70. The van der Waals surface area contributed by atoms with Gasteiger partial charge in [0.05, 0.1) is 0 Å². The average Bonchev–Trinajstić information content (AvgIpc) is 1.82. The largest absolute Gasteiger partial charge is 0.426 e. The highest BCUT2D eigenvalue weighted by Crippen LogP contribution is 2.24. The van der Waals surface area contributed by atoms with E-state index in [1.54, 1.807) is 20.8 Å². The van der Waals surface area contributed by atoms with Crippen molar-refractivity contribution in [2.45, 2.75) is 26.9 Å². The molecule has 0 heterocycles. The summed E-state index contributed by atoms with van der Waals surface area (Å²) in [6.07, 6.45) is -3.67. The van der Waals surface area contributed by atoms with Gasteiger partial charge < -0.3 is 5.73 Å². The molecule has 76 valence electrons. The van der Waals surface area contributed by atoms with Gasteiger partial charge in [-0.25, -0.2) is 0 Å². The number of nitrogens with two attached hydrogens (primary N) is 1. The van der Waals surface area contributed by atoms with Crippen LogP contribution in [0.4, 0.5) is 13.2 Å². The summed E-state index contributed by atoms with van der Waals surface area (Å²) in [6, 6.07) is 0. The maximum absolute atomic E-state index is 12.0. The summed E-state index contributed by atoms with van der Waals surface area (Å²) in [4.78, 5) is -1.08. The Hall–Kier alpha value is -0.580. The Morgan fingerprint density at radius 1 is 1.23 bits per heavy atom. The fourth-order valence-electron chi connectivity index (χ4n) is 0.440. The van der Waals surface area contributed by atoms with E-state index in [2.05, 4.69) is 12.2 Å². The Labute approximate surface area is 80.8 Å². The van der Waals surface area contributed by atoms with Crippen LogP contribution in [0.3, 0.4) is 0 Å². The van der Waals surface area contributed by atoms with Crippen LogP contribution in [-0.4, -0.2) is 11.0 Å². The first kappa shape index (κ1) is 12.4. The van der Waals surface area contributed by atoms with Crippen molar-refractivity contribution in [3.63, 3.8) is 0 Å². The monoisotopic (exact) mass is 211 g/mol. The minimum Gasteiger partial charge on any atom is -0.402 e. The quantitative estimate of drug-likeness (QED) is 0.533. The molecule has 1 nitrogen and oxygen atoms in total. The second-order valence-corrected chi connectivity index (χ2v) is 4.15. The molecule has 0 aromatic carbocycles. The molecule has 13 heavy (non-hydrogen) atoms. The average molecular weight is 211 g/mol. The van der Waals surface area contributed by atoms with Crippen LogP contribution in [0.5, 0.6) is 0 Å². The van der Waals surface area contributed by atoms with Gasteiger partial charge in [-0.15, -0.1) is 0 Å².